The van der Waals surface area contributed by atoms with Crippen LogP contribution in [0.25, 0.3) is 0 Å². The van der Waals surface area contributed by atoms with Gasteiger partial charge in [-0.1, -0.05) is 18.5 Å². The van der Waals surface area contributed by atoms with E-state index in [-0.39, 0.29) is 24.9 Å². The van der Waals surface area contributed by atoms with E-state index >= 15 is 0 Å². The minimum Gasteiger partial charge on any atom is -0.377 e. The Morgan fingerprint density at radius 2 is 2.22 bits per heavy atom. The van der Waals surface area contributed by atoms with Crippen molar-refractivity contribution < 1.29 is 18.8 Å². The van der Waals surface area contributed by atoms with E-state index < -0.39 is 0 Å². The van der Waals surface area contributed by atoms with Crippen LogP contribution in [0.2, 0.25) is 0 Å². The summed E-state index contributed by atoms with van der Waals surface area (Å²) in [5.74, 6) is 0.739. The minimum absolute atomic E-state index is 0.0571. The lowest BCUT2D eigenvalue weighted by Crippen LogP contribution is -2.10. The molecule has 18 heavy (non-hydrogen) atoms. The topological polar surface area (TPSA) is 74.5 Å². The van der Waals surface area contributed by atoms with E-state index in [1.165, 1.54) is 7.11 Å². The highest BCUT2D eigenvalue weighted by Gasteiger charge is 2.18. The van der Waals surface area contributed by atoms with E-state index in [1.54, 1.807) is 0 Å². The molecule has 0 saturated heterocycles. The Bertz CT molecular complexity index is 359. The molecule has 0 aliphatic carbocycles. The molecule has 0 aliphatic heterocycles. The van der Waals surface area contributed by atoms with E-state index in [0.29, 0.717) is 18.3 Å². The number of Topliss-reactive ketones (excluding diaryl/α,β-unsaturated/α-hetero) is 1. The number of hydrogen-bond donors (Lipinski definition) is 0. The summed E-state index contributed by atoms with van der Waals surface area (Å²) in [5.41, 5.74) is 0. The molecular weight excluding hydrogens is 236 g/mol. The SMILES string of the molecule is CCCC(OCC)c1noc(CC(=O)COC)n1. The zero-order valence-electron chi connectivity index (χ0n) is 11.1. The first-order valence-corrected chi connectivity index (χ1v) is 6.15. The van der Waals surface area contributed by atoms with Crippen LogP contribution in [0, 0.1) is 0 Å². The Morgan fingerprint density at radius 3 is 2.83 bits per heavy atom. The van der Waals surface area contributed by atoms with Crippen LogP contribution in [0.15, 0.2) is 4.52 Å². The van der Waals surface area contributed by atoms with Crippen molar-refractivity contribution in [2.45, 2.75) is 39.2 Å². The number of nitrogens with zero attached hydrogens (tertiary/aromatic N) is 2. The number of rotatable bonds is 9. The van der Waals surface area contributed by atoms with E-state index in [2.05, 4.69) is 17.1 Å². The van der Waals surface area contributed by atoms with Gasteiger partial charge in [0.25, 0.3) is 0 Å². The molecule has 0 spiro atoms. The highest BCUT2D eigenvalue weighted by molar-refractivity contribution is 5.81. The van der Waals surface area contributed by atoms with Crippen LogP contribution in [-0.2, 0) is 20.7 Å². The molecule has 1 aromatic rings. The van der Waals surface area contributed by atoms with Gasteiger partial charge in [0.15, 0.2) is 5.78 Å². The standard InChI is InChI=1S/C12H20N2O4/c1-4-6-10(17-5-2)12-13-11(18-14-12)7-9(15)8-16-3/h10H,4-8H2,1-3H3. The zero-order chi connectivity index (χ0) is 13.4. The summed E-state index contributed by atoms with van der Waals surface area (Å²) in [5, 5.41) is 3.86. The monoisotopic (exact) mass is 256 g/mol. The van der Waals surface area contributed by atoms with Crippen molar-refractivity contribution in [1.82, 2.24) is 10.1 Å². The van der Waals surface area contributed by atoms with Crippen LogP contribution in [0.5, 0.6) is 0 Å². The molecule has 0 amide bonds. The molecule has 6 nitrogen and oxygen atoms in total. The van der Waals surface area contributed by atoms with E-state index in [1.807, 2.05) is 6.92 Å². The summed E-state index contributed by atoms with van der Waals surface area (Å²) in [4.78, 5) is 15.5. The number of carbonyl (C=O) groups excluding carboxylic acids is 1. The van der Waals surface area contributed by atoms with Crippen molar-refractivity contribution in [3.8, 4) is 0 Å². The average molecular weight is 256 g/mol. The first kappa shape index (κ1) is 14.8. The maximum absolute atomic E-state index is 11.4. The molecule has 0 fully saturated rings. The molecule has 0 radical (unpaired) electrons. The molecule has 1 heterocycles. The highest BCUT2D eigenvalue weighted by Crippen LogP contribution is 2.19. The smallest absolute Gasteiger partial charge is 0.234 e. The molecule has 0 N–H and O–H groups in total. The first-order valence-electron chi connectivity index (χ1n) is 6.15. The Balaban J connectivity index is 2.62. The van der Waals surface area contributed by atoms with Crippen LogP contribution in [0.4, 0.5) is 0 Å². The third-order valence-corrected chi connectivity index (χ3v) is 2.34. The van der Waals surface area contributed by atoms with Crippen molar-refractivity contribution in [2.24, 2.45) is 0 Å². The zero-order valence-corrected chi connectivity index (χ0v) is 11.1. The summed E-state index contributed by atoms with van der Waals surface area (Å²) in [6, 6.07) is 0. The number of aromatic nitrogens is 2. The largest absolute Gasteiger partial charge is 0.377 e. The van der Waals surface area contributed by atoms with Gasteiger partial charge in [-0.3, -0.25) is 4.79 Å². The molecule has 0 bridgehead atoms. The fourth-order valence-corrected chi connectivity index (χ4v) is 1.60. The molecule has 1 atom stereocenters. The molecule has 0 saturated carbocycles. The molecule has 102 valence electrons. The van der Waals surface area contributed by atoms with Gasteiger partial charge in [-0.15, -0.1) is 0 Å². The Labute approximate surface area is 107 Å². The number of methoxy groups -OCH3 is 1. The third-order valence-electron chi connectivity index (χ3n) is 2.34. The molecular formula is C12H20N2O4. The number of ether oxygens (including phenoxy) is 2. The predicted molar refractivity (Wildman–Crippen MR) is 64.2 cm³/mol. The van der Waals surface area contributed by atoms with Crippen LogP contribution >= 0.6 is 0 Å². The quantitative estimate of drug-likeness (QED) is 0.669. The number of hydrogen-bond acceptors (Lipinski definition) is 6. The van der Waals surface area contributed by atoms with Crippen molar-refractivity contribution in [3.05, 3.63) is 11.7 Å². The van der Waals surface area contributed by atoms with E-state index in [4.69, 9.17) is 14.0 Å². The normalized spacial score (nSPS) is 12.6. The second-order valence-corrected chi connectivity index (χ2v) is 3.93. The average Bonchev–Trinajstić information content (AvgIpc) is 2.77. The fourth-order valence-electron chi connectivity index (χ4n) is 1.60. The molecule has 6 heteroatoms. The summed E-state index contributed by atoms with van der Waals surface area (Å²) >= 11 is 0. The van der Waals surface area contributed by atoms with Gasteiger partial charge in [0.05, 0.1) is 6.42 Å². The van der Waals surface area contributed by atoms with Crippen LogP contribution < -0.4 is 0 Å². The van der Waals surface area contributed by atoms with Crippen LogP contribution in [-0.4, -0.2) is 36.2 Å². The highest BCUT2D eigenvalue weighted by atomic mass is 16.5. The van der Waals surface area contributed by atoms with E-state index in [9.17, 15) is 4.79 Å². The summed E-state index contributed by atoms with van der Waals surface area (Å²) in [6.07, 6.45) is 1.75. The molecule has 0 aromatic carbocycles. The van der Waals surface area contributed by atoms with Crippen LogP contribution in [0.1, 0.15) is 44.5 Å². The lowest BCUT2D eigenvalue weighted by Gasteiger charge is -2.11. The van der Waals surface area contributed by atoms with Gasteiger partial charge < -0.3 is 14.0 Å². The second kappa shape index (κ2) is 7.94. The summed E-state index contributed by atoms with van der Waals surface area (Å²) < 4.78 is 15.3. The lowest BCUT2D eigenvalue weighted by molar-refractivity contribution is -0.122. The number of carbonyl (C=O) groups is 1. The fraction of sp³-hybridized carbons (Fsp3) is 0.750. The minimum atomic E-state index is -0.157. The molecule has 1 unspecified atom stereocenters. The van der Waals surface area contributed by atoms with Gasteiger partial charge in [0.2, 0.25) is 11.7 Å². The van der Waals surface area contributed by atoms with Crippen molar-refractivity contribution in [2.75, 3.05) is 20.3 Å². The first-order chi connectivity index (χ1) is 8.71. The Hall–Kier alpha value is -1.27. The van der Waals surface area contributed by atoms with Crippen molar-refractivity contribution >= 4 is 5.78 Å². The van der Waals surface area contributed by atoms with Gasteiger partial charge in [0.1, 0.15) is 12.7 Å². The van der Waals surface area contributed by atoms with Crippen LogP contribution in [0.3, 0.4) is 0 Å². The molecule has 1 aromatic heterocycles. The van der Waals surface area contributed by atoms with Crippen molar-refractivity contribution in [3.63, 3.8) is 0 Å². The second-order valence-electron chi connectivity index (χ2n) is 3.93. The number of ketones is 1. The van der Waals surface area contributed by atoms with Gasteiger partial charge in [0, 0.05) is 13.7 Å². The third kappa shape index (κ3) is 4.54. The molecule has 1 rings (SSSR count). The van der Waals surface area contributed by atoms with Crippen molar-refractivity contribution in [1.29, 1.82) is 0 Å². The van der Waals surface area contributed by atoms with E-state index in [0.717, 1.165) is 12.8 Å². The lowest BCUT2D eigenvalue weighted by atomic mass is 10.2. The molecule has 0 aliphatic rings. The van der Waals surface area contributed by atoms with Gasteiger partial charge >= 0.3 is 0 Å². The maximum Gasteiger partial charge on any atom is 0.234 e. The van der Waals surface area contributed by atoms with Gasteiger partial charge in [-0.2, -0.15) is 4.98 Å². The Morgan fingerprint density at radius 1 is 1.44 bits per heavy atom. The van der Waals surface area contributed by atoms with Gasteiger partial charge in [-0.05, 0) is 13.3 Å². The summed E-state index contributed by atoms with van der Waals surface area (Å²) in [6.45, 7) is 4.64. The van der Waals surface area contributed by atoms with Gasteiger partial charge in [-0.25, -0.2) is 0 Å². The summed E-state index contributed by atoms with van der Waals surface area (Å²) in [7, 11) is 1.48. The Kier molecular flexibility index (Phi) is 6.53. The maximum atomic E-state index is 11.4. The predicted octanol–water partition coefficient (Wildman–Crippen LogP) is 1.71.